The number of carbonyl (C=O) groups is 3. The third kappa shape index (κ3) is 6.96. The Hall–Kier alpha value is -3.68. The summed E-state index contributed by atoms with van der Waals surface area (Å²) >= 11 is 6.17. The fourth-order valence-corrected chi connectivity index (χ4v) is 4.83. The number of morpholine rings is 1. The molecule has 192 valence electrons. The summed E-state index contributed by atoms with van der Waals surface area (Å²) in [5, 5.41) is 10.1. The highest BCUT2D eigenvalue weighted by atomic mass is 35.5. The van der Waals surface area contributed by atoms with Crippen LogP contribution in [0.3, 0.4) is 0 Å². The van der Waals surface area contributed by atoms with Crippen molar-refractivity contribution in [3.8, 4) is 0 Å². The van der Waals surface area contributed by atoms with Crippen LogP contribution in [-0.2, 0) is 32.1 Å². The van der Waals surface area contributed by atoms with Crippen molar-refractivity contribution in [1.29, 1.82) is 0 Å². The largest absolute Gasteiger partial charge is 0.480 e. The van der Waals surface area contributed by atoms with Crippen molar-refractivity contribution in [3.63, 3.8) is 0 Å². The summed E-state index contributed by atoms with van der Waals surface area (Å²) in [5.74, 6) is -1.81. The minimum Gasteiger partial charge on any atom is -0.480 e. The maximum atomic E-state index is 13.8. The van der Waals surface area contributed by atoms with Crippen LogP contribution in [0.5, 0.6) is 0 Å². The molecule has 1 fully saturated rings. The lowest BCUT2D eigenvalue weighted by molar-refractivity contribution is -0.171. The Morgan fingerprint density at radius 3 is 2.32 bits per heavy atom. The van der Waals surface area contributed by atoms with Gasteiger partial charge in [0, 0.05) is 18.1 Å². The molecular weight excluding hydrogens is 492 g/mol. The van der Waals surface area contributed by atoms with Crippen LogP contribution in [0.2, 0.25) is 5.02 Å². The van der Waals surface area contributed by atoms with E-state index in [4.69, 9.17) is 16.3 Å². The highest BCUT2D eigenvalue weighted by molar-refractivity contribution is 6.30. The third-order valence-corrected chi connectivity index (χ3v) is 6.56. The summed E-state index contributed by atoms with van der Waals surface area (Å²) in [7, 11) is 0. The number of aliphatic carboxylic acids is 1. The second-order valence-corrected chi connectivity index (χ2v) is 9.42. The Bertz CT molecular complexity index is 1220. The predicted octanol–water partition coefficient (Wildman–Crippen LogP) is 4.35. The number of ether oxygens (including phenoxy) is 1. The molecule has 8 heteroatoms. The lowest BCUT2D eigenvalue weighted by Gasteiger charge is -2.42. The molecule has 1 N–H and O–H groups in total. The number of nitrogens with zero attached hydrogens (tertiary/aromatic N) is 2. The molecule has 3 aromatic carbocycles. The summed E-state index contributed by atoms with van der Waals surface area (Å²) in [5.41, 5.74) is 2.66. The summed E-state index contributed by atoms with van der Waals surface area (Å²) in [4.78, 5) is 41.5. The predicted molar refractivity (Wildman–Crippen MR) is 140 cm³/mol. The zero-order valence-electron chi connectivity index (χ0n) is 20.3. The van der Waals surface area contributed by atoms with Gasteiger partial charge in [-0.2, -0.15) is 0 Å². The van der Waals surface area contributed by atoms with Gasteiger partial charge in [0.25, 0.3) is 5.91 Å². The maximum absolute atomic E-state index is 13.8. The van der Waals surface area contributed by atoms with Crippen molar-refractivity contribution in [2.75, 3.05) is 19.7 Å². The van der Waals surface area contributed by atoms with E-state index in [1.54, 1.807) is 17.0 Å². The molecule has 4 rings (SSSR count). The number of hydrogen-bond acceptors (Lipinski definition) is 4. The van der Waals surface area contributed by atoms with Crippen LogP contribution in [0.15, 0.2) is 84.9 Å². The number of carboxylic acids is 1. The number of halogens is 1. The fourth-order valence-electron chi connectivity index (χ4n) is 4.61. The molecular formula is C29H29ClN2O5. The number of amides is 2. The summed E-state index contributed by atoms with van der Waals surface area (Å²) in [6, 6.07) is 25.5. The number of carbonyl (C=O) groups excluding carboxylic acids is 2. The van der Waals surface area contributed by atoms with Crippen LogP contribution < -0.4 is 0 Å². The minimum absolute atomic E-state index is 0.235. The number of benzene rings is 3. The molecule has 0 spiro atoms. The normalized spacial score (nSPS) is 17.4. The van der Waals surface area contributed by atoms with Crippen LogP contribution in [0.25, 0.3) is 0 Å². The first kappa shape index (κ1) is 26.4. The van der Waals surface area contributed by atoms with Crippen molar-refractivity contribution >= 4 is 29.4 Å². The van der Waals surface area contributed by atoms with Crippen LogP contribution in [-0.4, -0.2) is 58.5 Å². The molecule has 2 atom stereocenters. The second kappa shape index (κ2) is 12.5. The zero-order chi connectivity index (χ0) is 26.2. The molecule has 2 amide bonds. The van der Waals surface area contributed by atoms with Gasteiger partial charge < -0.3 is 19.6 Å². The van der Waals surface area contributed by atoms with Crippen LogP contribution in [0.4, 0.5) is 0 Å². The fraction of sp³-hybridized carbons (Fsp3) is 0.276. The van der Waals surface area contributed by atoms with Crippen LogP contribution >= 0.6 is 11.6 Å². The lowest BCUT2D eigenvalue weighted by atomic mass is 9.95. The van der Waals surface area contributed by atoms with Crippen molar-refractivity contribution in [2.45, 2.75) is 31.5 Å². The topological polar surface area (TPSA) is 87.1 Å². The first-order valence-electron chi connectivity index (χ1n) is 12.2. The van der Waals surface area contributed by atoms with Crippen molar-refractivity contribution < 1.29 is 24.2 Å². The Labute approximate surface area is 221 Å². The van der Waals surface area contributed by atoms with Gasteiger partial charge in [-0.1, -0.05) is 84.4 Å². The van der Waals surface area contributed by atoms with E-state index in [1.807, 2.05) is 72.8 Å². The van der Waals surface area contributed by atoms with Crippen LogP contribution in [0.1, 0.15) is 29.2 Å². The van der Waals surface area contributed by atoms with Gasteiger partial charge >= 0.3 is 5.97 Å². The molecule has 1 aliphatic heterocycles. The average molecular weight is 521 g/mol. The molecule has 0 bridgehead atoms. The molecule has 0 radical (unpaired) electrons. The smallest absolute Gasteiger partial charge is 0.323 e. The van der Waals surface area contributed by atoms with Crippen molar-refractivity contribution in [3.05, 3.63) is 107 Å². The van der Waals surface area contributed by atoms with E-state index in [2.05, 4.69) is 0 Å². The van der Waals surface area contributed by atoms with Gasteiger partial charge in [0.05, 0.1) is 6.04 Å². The molecule has 0 aromatic heterocycles. The average Bonchev–Trinajstić information content (AvgIpc) is 2.90. The van der Waals surface area contributed by atoms with Gasteiger partial charge in [0.2, 0.25) is 5.91 Å². The van der Waals surface area contributed by atoms with Gasteiger partial charge in [0.1, 0.15) is 13.2 Å². The van der Waals surface area contributed by atoms with E-state index in [0.29, 0.717) is 17.9 Å². The van der Waals surface area contributed by atoms with E-state index < -0.39 is 30.6 Å². The highest BCUT2D eigenvalue weighted by Crippen LogP contribution is 2.33. The molecule has 1 heterocycles. The highest BCUT2D eigenvalue weighted by Gasteiger charge is 2.43. The molecule has 0 unspecified atom stereocenters. The van der Waals surface area contributed by atoms with Crippen molar-refractivity contribution in [2.24, 2.45) is 0 Å². The van der Waals surface area contributed by atoms with Gasteiger partial charge in [0.15, 0.2) is 6.10 Å². The van der Waals surface area contributed by atoms with E-state index in [9.17, 15) is 19.5 Å². The molecule has 0 aliphatic carbocycles. The zero-order valence-corrected chi connectivity index (χ0v) is 21.1. The Balaban J connectivity index is 1.60. The maximum Gasteiger partial charge on any atom is 0.323 e. The van der Waals surface area contributed by atoms with Gasteiger partial charge in [-0.25, -0.2) is 0 Å². The van der Waals surface area contributed by atoms with Crippen LogP contribution in [0, 0.1) is 0 Å². The van der Waals surface area contributed by atoms with Gasteiger partial charge in [-0.05, 0) is 41.7 Å². The summed E-state index contributed by atoms with van der Waals surface area (Å²) in [6.07, 6.45) is 0.254. The number of aryl methyl sites for hydroxylation is 1. The second-order valence-electron chi connectivity index (χ2n) is 8.98. The summed E-state index contributed by atoms with van der Waals surface area (Å²) < 4.78 is 5.84. The Morgan fingerprint density at radius 2 is 1.65 bits per heavy atom. The number of carboxylic acid groups (broad SMARTS) is 1. The molecule has 0 saturated carbocycles. The number of hydrogen-bond donors (Lipinski definition) is 1. The molecule has 1 saturated heterocycles. The first-order valence-corrected chi connectivity index (χ1v) is 12.5. The molecule has 1 aliphatic rings. The van der Waals surface area contributed by atoms with Gasteiger partial charge in [-0.3, -0.25) is 14.4 Å². The quantitative estimate of drug-likeness (QED) is 0.429. The summed E-state index contributed by atoms with van der Waals surface area (Å²) in [6.45, 7) is -0.231. The Morgan fingerprint density at radius 1 is 0.973 bits per heavy atom. The van der Waals surface area contributed by atoms with E-state index in [0.717, 1.165) is 16.7 Å². The van der Waals surface area contributed by atoms with E-state index >= 15 is 0 Å². The standard InChI is InChI=1S/C29H29ClN2O5/c30-24-15-7-11-22(17-24)18-32-25(33)20-37-28(27(32)23-13-5-2-6-14-23)29(36)31(19-26(34)35)16-8-12-21-9-3-1-4-10-21/h1-7,9-11,13-15,17,27-28H,8,12,16,18-20H2,(H,34,35)/t27-,28+/m1/s1. The third-order valence-electron chi connectivity index (χ3n) is 6.33. The van der Waals surface area contributed by atoms with Gasteiger partial charge in [-0.15, -0.1) is 0 Å². The monoisotopic (exact) mass is 520 g/mol. The molecule has 7 nitrogen and oxygen atoms in total. The lowest BCUT2D eigenvalue weighted by Crippen LogP contribution is -2.55. The number of rotatable bonds is 10. The first-order chi connectivity index (χ1) is 17.9. The molecule has 3 aromatic rings. The van der Waals surface area contributed by atoms with Crippen molar-refractivity contribution in [1.82, 2.24) is 9.80 Å². The Kier molecular flexibility index (Phi) is 8.93. The minimum atomic E-state index is -1.10. The van der Waals surface area contributed by atoms with E-state index in [1.165, 1.54) is 4.90 Å². The SMILES string of the molecule is O=C(O)CN(CCCc1ccccc1)C(=O)[C@H]1OCC(=O)N(Cc2cccc(Cl)c2)[C@@H]1c1ccccc1. The van der Waals surface area contributed by atoms with E-state index in [-0.39, 0.29) is 25.6 Å². The molecule has 37 heavy (non-hydrogen) atoms.